The number of hydrogen-bond donors (Lipinski definition) is 2. The summed E-state index contributed by atoms with van der Waals surface area (Å²) in [6, 6.07) is 3.16. The lowest BCUT2D eigenvalue weighted by molar-refractivity contribution is -0.139. The molecule has 0 amide bonds. The molecule has 0 aliphatic heterocycles. The average Bonchev–Trinajstić information content (AvgIpc) is 2.88. The monoisotopic (exact) mass is 315 g/mol. The third-order valence-corrected chi connectivity index (χ3v) is 4.67. The molecule has 110 valence electrons. The first-order chi connectivity index (χ1) is 9.49. The number of rotatable bonds is 5. The molecule has 2 rings (SSSR count). The summed E-state index contributed by atoms with van der Waals surface area (Å²) in [5, 5.41) is 10.2. The smallest absolute Gasteiger partial charge is 0.311 e. The predicted octanol–water partition coefficient (Wildman–Crippen LogP) is 4.71. The van der Waals surface area contributed by atoms with Crippen molar-refractivity contribution in [1.82, 2.24) is 0 Å². The number of hydrogen-bond acceptors (Lipinski definition) is 2. The maximum atomic E-state index is 11.5. The quantitative estimate of drug-likeness (QED) is 0.773. The molecule has 1 atom stereocenters. The highest BCUT2D eigenvalue weighted by Gasteiger charge is 2.26. The summed E-state index contributed by atoms with van der Waals surface area (Å²) >= 11 is 12.0. The van der Waals surface area contributed by atoms with Crippen LogP contribution < -0.4 is 5.73 Å². The molecule has 0 bridgehead atoms. The highest BCUT2D eigenvalue weighted by atomic mass is 35.5. The van der Waals surface area contributed by atoms with E-state index in [0.717, 1.165) is 6.42 Å². The zero-order valence-corrected chi connectivity index (χ0v) is 12.8. The van der Waals surface area contributed by atoms with Crippen molar-refractivity contribution in [2.75, 3.05) is 5.73 Å². The van der Waals surface area contributed by atoms with E-state index in [1.165, 1.54) is 31.7 Å². The summed E-state index contributed by atoms with van der Waals surface area (Å²) in [4.78, 5) is 11.5. The topological polar surface area (TPSA) is 63.3 Å². The van der Waals surface area contributed by atoms with E-state index in [-0.39, 0.29) is 0 Å². The van der Waals surface area contributed by atoms with Crippen LogP contribution in [0.5, 0.6) is 0 Å². The van der Waals surface area contributed by atoms with Gasteiger partial charge in [-0.15, -0.1) is 0 Å². The summed E-state index contributed by atoms with van der Waals surface area (Å²) in [6.45, 7) is 0. The number of aliphatic carboxylic acids is 1. The Hall–Kier alpha value is -0.930. The van der Waals surface area contributed by atoms with Crippen LogP contribution in [-0.2, 0) is 4.79 Å². The Kier molecular flexibility index (Phi) is 5.17. The van der Waals surface area contributed by atoms with Crippen LogP contribution >= 0.6 is 23.2 Å². The molecule has 20 heavy (non-hydrogen) atoms. The Bertz CT molecular complexity index is 499. The van der Waals surface area contributed by atoms with Crippen LogP contribution in [0.25, 0.3) is 0 Å². The van der Waals surface area contributed by atoms with Crippen LogP contribution in [0.15, 0.2) is 12.1 Å². The Morgan fingerprint density at radius 2 is 2.00 bits per heavy atom. The molecule has 3 N–H and O–H groups in total. The zero-order valence-electron chi connectivity index (χ0n) is 11.2. The van der Waals surface area contributed by atoms with Crippen molar-refractivity contribution in [3.8, 4) is 0 Å². The van der Waals surface area contributed by atoms with Crippen LogP contribution in [0.3, 0.4) is 0 Å². The standard InChI is InChI=1S/C15H19Cl2NO2/c16-10-7-12(14(18)13(17)8-10)11(15(19)20)6-5-9-3-1-2-4-9/h7-9,11H,1-6,18H2,(H,19,20). The second-order valence-electron chi connectivity index (χ2n) is 5.51. The van der Waals surface area contributed by atoms with E-state index >= 15 is 0 Å². The van der Waals surface area contributed by atoms with Crippen molar-refractivity contribution >= 4 is 34.9 Å². The molecule has 1 fully saturated rings. The first-order valence-electron chi connectivity index (χ1n) is 6.96. The van der Waals surface area contributed by atoms with Gasteiger partial charge in [0, 0.05) is 5.02 Å². The number of carboxylic acid groups (broad SMARTS) is 1. The Morgan fingerprint density at radius 3 is 2.60 bits per heavy atom. The van der Waals surface area contributed by atoms with Crippen molar-refractivity contribution in [1.29, 1.82) is 0 Å². The molecule has 0 spiro atoms. The molecule has 1 aliphatic rings. The molecule has 1 saturated carbocycles. The summed E-state index contributed by atoms with van der Waals surface area (Å²) in [6.07, 6.45) is 6.43. The molecule has 0 radical (unpaired) electrons. The van der Waals surface area contributed by atoms with Crippen molar-refractivity contribution in [2.24, 2.45) is 5.92 Å². The van der Waals surface area contributed by atoms with Gasteiger partial charge in [0.05, 0.1) is 16.6 Å². The van der Waals surface area contributed by atoms with Gasteiger partial charge in [0.25, 0.3) is 0 Å². The zero-order chi connectivity index (χ0) is 14.7. The highest BCUT2D eigenvalue weighted by Crippen LogP contribution is 2.37. The fraction of sp³-hybridized carbons (Fsp3) is 0.533. The van der Waals surface area contributed by atoms with Gasteiger partial charge >= 0.3 is 5.97 Å². The van der Waals surface area contributed by atoms with Crippen molar-refractivity contribution in [2.45, 2.75) is 44.4 Å². The van der Waals surface area contributed by atoms with E-state index in [9.17, 15) is 9.90 Å². The van der Waals surface area contributed by atoms with Crippen LogP contribution in [0.4, 0.5) is 5.69 Å². The number of carbonyl (C=O) groups is 1. The van der Waals surface area contributed by atoms with Crippen molar-refractivity contribution < 1.29 is 9.90 Å². The first kappa shape index (κ1) is 15.5. The minimum atomic E-state index is -0.868. The average molecular weight is 316 g/mol. The Labute approximate surface area is 129 Å². The molecule has 1 unspecified atom stereocenters. The van der Waals surface area contributed by atoms with Gasteiger partial charge in [0.15, 0.2) is 0 Å². The number of benzene rings is 1. The van der Waals surface area contributed by atoms with E-state index in [1.54, 1.807) is 6.07 Å². The molecular weight excluding hydrogens is 297 g/mol. The van der Waals surface area contributed by atoms with Gasteiger partial charge in [-0.3, -0.25) is 4.79 Å². The van der Waals surface area contributed by atoms with Gasteiger partial charge in [0.2, 0.25) is 0 Å². The van der Waals surface area contributed by atoms with Crippen molar-refractivity contribution in [3.05, 3.63) is 27.7 Å². The van der Waals surface area contributed by atoms with Crippen LogP contribution in [-0.4, -0.2) is 11.1 Å². The normalized spacial score (nSPS) is 17.3. The molecule has 0 aromatic heterocycles. The van der Waals surface area contributed by atoms with Crippen LogP contribution in [0.1, 0.15) is 50.0 Å². The lowest BCUT2D eigenvalue weighted by atomic mass is 9.89. The third kappa shape index (κ3) is 3.58. The largest absolute Gasteiger partial charge is 0.481 e. The van der Waals surface area contributed by atoms with Gasteiger partial charge in [-0.2, -0.15) is 0 Å². The van der Waals surface area contributed by atoms with Gasteiger partial charge in [-0.1, -0.05) is 48.9 Å². The predicted molar refractivity (Wildman–Crippen MR) is 82.4 cm³/mol. The SMILES string of the molecule is Nc1c(Cl)cc(Cl)cc1C(CCC1CCCC1)C(=O)O. The molecule has 3 nitrogen and oxygen atoms in total. The lowest BCUT2D eigenvalue weighted by Gasteiger charge is -2.18. The fourth-order valence-corrected chi connectivity index (χ4v) is 3.52. The second kappa shape index (κ2) is 6.68. The van der Waals surface area contributed by atoms with E-state index in [1.807, 2.05) is 0 Å². The first-order valence-corrected chi connectivity index (χ1v) is 7.72. The van der Waals surface area contributed by atoms with Gasteiger partial charge in [-0.05, 0) is 36.5 Å². The molecule has 1 aromatic rings. The summed E-state index contributed by atoms with van der Waals surface area (Å²) in [7, 11) is 0. The van der Waals surface area contributed by atoms with E-state index < -0.39 is 11.9 Å². The van der Waals surface area contributed by atoms with Gasteiger partial charge < -0.3 is 10.8 Å². The molecule has 1 aromatic carbocycles. The molecule has 0 saturated heterocycles. The van der Waals surface area contributed by atoms with Crippen molar-refractivity contribution in [3.63, 3.8) is 0 Å². The summed E-state index contributed by atoms with van der Waals surface area (Å²) < 4.78 is 0. The fourth-order valence-electron chi connectivity index (χ4n) is 3.01. The Balaban J connectivity index is 2.17. The number of anilines is 1. The van der Waals surface area contributed by atoms with E-state index in [2.05, 4.69) is 0 Å². The Morgan fingerprint density at radius 1 is 1.35 bits per heavy atom. The summed E-state index contributed by atoms with van der Waals surface area (Å²) in [5.74, 6) is -0.854. The lowest BCUT2D eigenvalue weighted by Crippen LogP contribution is -2.15. The van der Waals surface area contributed by atoms with Crippen LogP contribution in [0, 0.1) is 5.92 Å². The molecule has 5 heteroatoms. The summed E-state index contributed by atoms with van der Waals surface area (Å²) in [5.41, 5.74) is 6.78. The molecule has 0 heterocycles. The van der Waals surface area contributed by atoms with E-state index in [0.29, 0.717) is 33.6 Å². The third-order valence-electron chi connectivity index (χ3n) is 4.14. The number of nitrogen functional groups attached to an aromatic ring is 1. The minimum Gasteiger partial charge on any atom is -0.481 e. The minimum absolute atomic E-state index is 0.319. The number of halogens is 2. The maximum Gasteiger partial charge on any atom is 0.311 e. The van der Waals surface area contributed by atoms with Gasteiger partial charge in [0.1, 0.15) is 0 Å². The van der Waals surface area contributed by atoms with Gasteiger partial charge in [-0.25, -0.2) is 0 Å². The number of carboxylic acids is 1. The molecular formula is C15H19Cl2NO2. The van der Waals surface area contributed by atoms with Crippen LogP contribution in [0.2, 0.25) is 10.0 Å². The highest BCUT2D eigenvalue weighted by molar-refractivity contribution is 6.36. The maximum absolute atomic E-state index is 11.5. The molecule has 1 aliphatic carbocycles. The number of nitrogens with two attached hydrogens (primary N) is 1. The second-order valence-corrected chi connectivity index (χ2v) is 6.35. The van der Waals surface area contributed by atoms with E-state index in [4.69, 9.17) is 28.9 Å².